The van der Waals surface area contributed by atoms with Gasteiger partial charge in [-0.05, 0) is 19.9 Å². The Kier molecular flexibility index (Phi) is 2.95. The molecule has 0 bridgehead atoms. The first-order chi connectivity index (χ1) is 8.09. The highest BCUT2D eigenvalue weighted by Gasteiger charge is 2.16. The van der Waals surface area contributed by atoms with Crippen LogP contribution < -0.4 is 0 Å². The Morgan fingerprint density at radius 1 is 1.29 bits per heavy atom. The van der Waals surface area contributed by atoms with Gasteiger partial charge in [-0.3, -0.25) is 4.68 Å². The van der Waals surface area contributed by atoms with E-state index >= 15 is 0 Å². The van der Waals surface area contributed by atoms with Gasteiger partial charge in [0.2, 0.25) is 0 Å². The molecule has 0 fully saturated rings. The SMILES string of the molecule is CC(C)n1nc(-c2ccccc2)cc1C(=O)O. The number of rotatable bonds is 3. The standard InChI is InChI=1S/C13H14N2O2/c1-9(2)15-12(13(16)17)8-11(14-15)10-6-4-3-5-7-10/h3-9H,1-2H3,(H,16,17). The fourth-order valence-corrected chi connectivity index (χ4v) is 1.70. The van der Waals surface area contributed by atoms with Crippen LogP contribution in [0.3, 0.4) is 0 Å². The van der Waals surface area contributed by atoms with Gasteiger partial charge in [-0.2, -0.15) is 5.10 Å². The van der Waals surface area contributed by atoms with E-state index < -0.39 is 5.97 Å². The summed E-state index contributed by atoms with van der Waals surface area (Å²) in [5.41, 5.74) is 1.84. The predicted molar refractivity (Wildman–Crippen MR) is 65.0 cm³/mol. The Balaban J connectivity index is 2.51. The molecule has 4 nitrogen and oxygen atoms in total. The van der Waals surface area contributed by atoms with Crippen LogP contribution in [0, 0.1) is 0 Å². The third-order valence-electron chi connectivity index (χ3n) is 2.51. The van der Waals surface area contributed by atoms with E-state index in [-0.39, 0.29) is 11.7 Å². The van der Waals surface area contributed by atoms with Crippen LogP contribution >= 0.6 is 0 Å². The van der Waals surface area contributed by atoms with E-state index in [2.05, 4.69) is 5.10 Å². The summed E-state index contributed by atoms with van der Waals surface area (Å²) in [6.45, 7) is 3.82. The van der Waals surface area contributed by atoms with E-state index in [1.54, 1.807) is 6.07 Å². The number of hydrogen-bond donors (Lipinski definition) is 1. The maximum absolute atomic E-state index is 11.1. The lowest BCUT2D eigenvalue weighted by molar-refractivity contribution is 0.0681. The first-order valence-corrected chi connectivity index (χ1v) is 5.48. The van der Waals surface area contributed by atoms with Gasteiger partial charge in [0.15, 0.2) is 0 Å². The molecule has 0 aliphatic rings. The number of hydrogen-bond acceptors (Lipinski definition) is 2. The van der Waals surface area contributed by atoms with Crippen molar-refractivity contribution in [2.45, 2.75) is 19.9 Å². The molecule has 4 heteroatoms. The molecule has 88 valence electrons. The molecule has 0 saturated heterocycles. The Morgan fingerprint density at radius 3 is 2.41 bits per heavy atom. The van der Waals surface area contributed by atoms with Crippen LogP contribution in [0.15, 0.2) is 36.4 Å². The second-order valence-corrected chi connectivity index (χ2v) is 4.12. The Hall–Kier alpha value is -2.10. The van der Waals surface area contributed by atoms with Crippen molar-refractivity contribution < 1.29 is 9.90 Å². The normalized spacial score (nSPS) is 10.8. The molecule has 0 spiro atoms. The van der Waals surface area contributed by atoms with E-state index in [1.165, 1.54) is 4.68 Å². The molecule has 0 radical (unpaired) electrons. The lowest BCUT2D eigenvalue weighted by Gasteiger charge is -2.07. The van der Waals surface area contributed by atoms with Gasteiger partial charge in [-0.15, -0.1) is 0 Å². The van der Waals surface area contributed by atoms with Crippen molar-refractivity contribution in [1.82, 2.24) is 9.78 Å². The smallest absolute Gasteiger partial charge is 0.354 e. The summed E-state index contributed by atoms with van der Waals surface area (Å²) >= 11 is 0. The highest BCUT2D eigenvalue weighted by Crippen LogP contribution is 2.21. The second-order valence-electron chi connectivity index (χ2n) is 4.12. The minimum absolute atomic E-state index is 0.0264. The fraction of sp³-hybridized carbons (Fsp3) is 0.231. The molecule has 1 aromatic carbocycles. The van der Waals surface area contributed by atoms with Gasteiger partial charge in [-0.1, -0.05) is 30.3 Å². The van der Waals surface area contributed by atoms with Gasteiger partial charge in [0.25, 0.3) is 0 Å². The van der Waals surface area contributed by atoms with Crippen molar-refractivity contribution in [2.24, 2.45) is 0 Å². The number of benzene rings is 1. The highest BCUT2D eigenvalue weighted by atomic mass is 16.4. The number of carboxylic acid groups (broad SMARTS) is 1. The first kappa shape index (κ1) is 11.4. The molecule has 17 heavy (non-hydrogen) atoms. The summed E-state index contributed by atoms with van der Waals surface area (Å²) in [6, 6.07) is 11.2. The van der Waals surface area contributed by atoms with E-state index in [0.717, 1.165) is 5.56 Å². The van der Waals surface area contributed by atoms with Crippen molar-refractivity contribution >= 4 is 5.97 Å². The Morgan fingerprint density at radius 2 is 1.94 bits per heavy atom. The van der Waals surface area contributed by atoms with Gasteiger partial charge >= 0.3 is 5.97 Å². The number of nitrogens with zero attached hydrogens (tertiary/aromatic N) is 2. The monoisotopic (exact) mass is 230 g/mol. The van der Waals surface area contributed by atoms with Gasteiger partial charge in [0.1, 0.15) is 5.69 Å². The van der Waals surface area contributed by atoms with Crippen molar-refractivity contribution in [3.05, 3.63) is 42.1 Å². The molecule has 0 aliphatic carbocycles. The first-order valence-electron chi connectivity index (χ1n) is 5.48. The van der Waals surface area contributed by atoms with Crippen LogP contribution in [0.2, 0.25) is 0 Å². The van der Waals surface area contributed by atoms with E-state index in [9.17, 15) is 4.79 Å². The van der Waals surface area contributed by atoms with Crippen molar-refractivity contribution in [3.8, 4) is 11.3 Å². The molecule has 1 aromatic heterocycles. The zero-order chi connectivity index (χ0) is 12.4. The summed E-state index contributed by atoms with van der Waals surface area (Å²) in [7, 11) is 0. The van der Waals surface area contributed by atoms with E-state index in [4.69, 9.17) is 5.11 Å². The van der Waals surface area contributed by atoms with Crippen molar-refractivity contribution in [3.63, 3.8) is 0 Å². The number of carbonyl (C=O) groups is 1. The van der Waals surface area contributed by atoms with Crippen molar-refractivity contribution in [1.29, 1.82) is 0 Å². The molecule has 0 atom stereocenters. The Labute approximate surface area is 99.5 Å². The largest absolute Gasteiger partial charge is 0.477 e. The molecule has 1 N–H and O–H groups in total. The number of aromatic carboxylic acids is 1. The van der Waals surface area contributed by atoms with Crippen LogP contribution in [0.25, 0.3) is 11.3 Å². The maximum Gasteiger partial charge on any atom is 0.354 e. The quantitative estimate of drug-likeness (QED) is 0.882. The van der Waals surface area contributed by atoms with Gasteiger partial charge in [-0.25, -0.2) is 4.79 Å². The molecule has 2 rings (SSSR count). The van der Waals surface area contributed by atoms with Gasteiger partial charge in [0.05, 0.1) is 5.69 Å². The van der Waals surface area contributed by atoms with E-state index in [1.807, 2.05) is 44.2 Å². The summed E-state index contributed by atoms with van der Waals surface area (Å²) in [4.78, 5) is 11.1. The molecular weight excluding hydrogens is 216 g/mol. The third-order valence-corrected chi connectivity index (χ3v) is 2.51. The zero-order valence-electron chi connectivity index (χ0n) is 9.79. The number of aromatic nitrogens is 2. The van der Waals surface area contributed by atoms with Gasteiger partial charge < -0.3 is 5.11 Å². The zero-order valence-corrected chi connectivity index (χ0v) is 9.79. The van der Waals surface area contributed by atoms with Gasteiger partial charge in [0, 0.05) is 11.6 Å². The minimum Gasteiger partial charge on any atom is -0.477 e. The third kappa shape index (κ3) is 2.20. The minimum atomic E-state index is -0.951. The molecule has 0 saturated carbocycles. The highest BCUT2D eigenvalue weighted by molar-refractivity contribution is 5.87. The Bertz CT molecular complexity index is 530. The summed E-state index contributed by atoms with van der Waals surface area (Å²) < 4.78 is 1.53. The molecule has 2 aromatic rings. The number of carboxylic acids is 1. The molecule has 0 aliphatic heterocycles. The molecular formula is C13H14N2O2. The summed E-state index contributed by atoms with van der Waals surface area (Å²) in [5.74, 6) is -0.951. The average Bonchev–Trinajstić information content (AvgIpc) is 2.75. The molecule has 0 amide bonds. The molecule has 1 heterocycles. The summed E-state index contributed by atoms with van der Waals surface area (Å²) in [6.07, 6.45) is 0. The predicted octanol–water partition coefficient (Wildman–Crippen LogP) is 2.83. The van der Waals surface area contributed by atoms with Crippen LogP contribution in [0.1, 0.15) is 30.4 Å². The maximum atomic E-state index is 11.1. The average molecular weight is 230 g/mol. The lowest BCUT2D eigenvalue weighted by atomic mass is 10.1. The lowest BCUT2D eigenvalue weighted by Crippen LogP contribution is -2.11. The van der Waals surface area contributed by atoms with Crippen LogP contribution in [-0.2, 0) is 0 Å². The van der Waals surface area contributed by atoms with E-state index in [0.29, 0.717) is 5.69 Å². The second kappa shape index (κ2) is 4.41. The summed E-state index contributed by atoms with van der Waals surface area (Å²) in [5, 5.41) is 13.5. The fourth-order valence-electron chi connectivity index (χ4n) is 1.70. The van der Waals surface area contributed by atoms with Crippen LogP contribution in [0.4, 0.5) is 0 Å². The topological polar surface area (TPSA) is 55.1 Å². The molecule has 0 unspecified atom stereocenters. The van der Waals surface area contributed by atoms with Crippen molar-refractivity contribution in [2.75, 3.05) is 0 Å². The van der Waals surface area contributed by atoms with Crippen LogP contribution in [-0.4, -0.2) is 20.9 Å². The van der Waals surface area contributed by atoms with Crippen LogP contribution in [0.5, 0.6) is 0 Å².